The second-order valence-electron chi connectivity index (χ2n) is 5.71. The first-order valence-electron chi connectivity index (χ1n) is 8.28. The molecule has 28 heavy (non-hydrogen) atoms. The largest absolute Gasteiger partial charge is 0.435 e. The van der Waals surface area contributed by atoms with Gasteiger partial charge in [0.1, 0.15) is 5.75 Å². The van der Waals surface area contributed by atoms with Gasteiger partial charge in [0, 0.05) is 17.8 Å². The number of anilines is 1. The predicted octanol–water partition coefficient (Wildman–Crippen LogP) is 4.53. The molecule has 0 spiro atoms. The molecule has 1 aromatic heterocycles. The van der Waals surface area contributed by atoms with Crippen LogP contribution in [0.5, 0.6) is 5.75 Å². The lowest BCUT2D eigenvalue weighted by Crippen LogP contribution is -2.22. The average molecular weight is 402 g/mol. The number of rotatable bonds is 7. The molecule has 3 rings (SSSR count). The predicted molar refractivity (Wildman–Crippen MR) is 103 cm³/mol. The van der Waals surface area contributed by atoms with Crippen LogP contribution in [0.3, 0.4) is 0 Å². The Morgan fingerprint density at radius 3 is 2.29 bits per heavy atom. The topological polar surface area (TPSA) is 67.4 Å². The number of hydrogen-bond donors (Lipinski definition) is 2. The van der Waals surface area contributed by atoms with Gasteiger partial charge in [0.25, 0.3) is 11.8 Å². The van der Waals surface area contributed by atoms with Crippen LogP contribution in [-0.4, -0.2) is 18.4 Å². The molecule has 1 heterocycles. The highest BCUT2D eigenvalue weighted by molar-refractivity contribution is 7.12. The van der Waals surface area contributed by atoms with Crippen molar-refractivity contribution in [3.05, 3.63) is 82.0 Å². The van der Waals surface area contributed by atoms with Crippen LogP contribution in [0, 0.1) is 0 Å². The number of halogens is 2. The zero-order chi connectivity index (χ0) is 19.9. The minimum absolute atomic E-state index is 0.0604. The van der Waals surface area contributed by atoms with Crippen molar-refractivity contribution in [3.8, 4) is 5.75 Å². The Bertz CT molecular complexity index is 927. The minimum Gasteiger partial charge on any atom is -0.435 e. The molecule has 8 heteroatoms. The third-order valence-electron chi connectivity index (χ3n) is 3.75. The molecule has 2 N–H and O–H groups in total. The summed E-state index contributed by atoms with van der Waals surface area (Å²) < 4.78 is 28.5. The maximum absolute atomic E-state index is 12.2. The monoisotopic (exact) mass is 402 g/mol. The SMILES string of the molecule is O=C(NCc1ccc(OC(F)F)cc1)c1ccc(NC(=O)c2cccs2)cc1. The number of alkyl halides is 2. The van der Waals surface area contributed by atoms with Gasteiger partial charge in [-0.05, 0) is 53.4 Å². The number of amides is 2. The number of thiophene rings is 1. The Balaban J connectivity index is 1.52. The van der Waals surface area contributed by atoms with Gasteiger partial charge in [-0.2, -0.15) is 8.78 Å². The molecule has 0 radical (unpaired) electrons. The third kappa shape index (κ3) is 5.37. The zero-order valence-corrected chi connectivity index (χ0v) is 15.3. The Labute approximate surface area is 164 Å². The number of ether oxygens (including phenoxy) is 1. The van der Waals surface area contributed by atoms with Crippen LogP contribution in [0.1, 0.15) is 25.6 Å². The van der Waals surface area contributed by atoms with Gasteiger partial charge >= 0.3 is 6.61 Å². The molecule has 0 saturated heterocycles. The standard InChI is InChI=1S/C20H16F2N2O3S/c21-20(22)27-16-9-3-13(4-10-16)12-23-18(25)14-5-7-15(8-6-14)24-19(26)17-2-1-11-28-17/h1-11,20H,12H2,(H,23,25)(H,24,26). The molecule has 0 aliphatic rings. The number of carbonyl (C=O) groups is 2. The second kappa shape index (κ2) is 9.09. The van der Waals surface area contributed by atoms with Gasteiger partial charge < -0.3 is 15.4 Å². The lowest BCUT2D eigenvalue weighted by atomic mass is 10.1. The average Bonchev–Trinajstić information content (AvgIpc) is 3.22. The molecule has 0 fully saturated rings. The Kier molecular flexibility index (Phi) is 6.33. The number of benzene rings is 2. The summed E-state index contributed by atoms with van der Waals surface area (Å²) in [5.74, 6) is -0.430. The summed E-state index contributed by atoms with van der Waals surface area (Å²) in [6.07, 6.45) is 0. The van der Waals surface area contributed by atoms with E-state index in [1.165, 1.54) is 23.5 Å². The fourth-order valence-corrected chi connectivity index (χ4v) is 3.00. The second-order valence-corrected chi connectivity index (χ2v) is 6.66. The molecule has 0 aliphatic carbocycles. The van der Waals surface area contributed by atoms with Gasteiger partial charge in [-0.15, -0.1) is 11.3 Å². The van der Waals surface area contributed by atoms with Crippen molar-refractivity contribution in [3.63, 3.8) is 0 Å². The molecule has 0 saturated carbocycles. The number of nitrogens with one attached hydrogen (secondary N) is 2. The molecule has 2 aromatic carbocycles. The van der Waals surface area contributed by atoms with Crippen LogP contribution in [0.4, 0.5) is 14.5 Å². The molecular formula is C20H16F2N2O3S. The van der Waals surface area contributed by atoms with Crippen molar-refractivity contribution in [2.75, 3.05) is 5.32 Å². The van der Waals surface area contributed by atoms with Crippen molar-refractivity contribution in [1.29, 1.82) is 0 Å². The van der Waals surface area contributed by atoms with Crippen molar-refractivity contribution < 1.29 is 23.1 Å². The van der Waals surface area contributed by atoms with Gasteiger partial charge in [-0.3, -0.25) is 9.59 Å². The Morgan fingerprint density at radius 1 is 0.964 bits per heavy atom. The van der Waals surface area contributed by atoms with Crippen molar-refractivity contribution in [2.45, 2.75) is 13.2 Å². The summed E-state index contributed by atoms with van der Waals surface area (Å²) in [5, 5.41) is 7.33. The number of carbonyl (C=O) groups excluding carboxylic acids is 2. The van der Waals surface area contributed by atoms with E-state index in [1.54, 1.807) is 48.5 Å². The molecule has 3 aromatic rings. The highest BCUT2D eigenvalue weighted by Crippen LogP contribution is 2.16. The first-order valence-corrected chi connectivity index (χ1v) is 9.16. The Hall–Kier alpha value is -3.26. The van der Waals surface area contributed by atoms with Crippen LogP contribution in [0.2, 0.25) is 0 Å². The van der Waals surface area contributed by atoms with Crippen LogP contribution >= 0.6 is 11.3 Å². The summed E-state index contributed by atoms with van der Waals surface area (Å²) in [4.78, 5) is 24.8. The highest BCUT2D eigenvalue weighted by Gasteiger charge is 2.09. The molecule has 2 amide bonds. The van der Waals surface area contributed by atoms with Gasteiger partial charge in [0.05, 0.1) is 4.88 Å². The van der Waals surface area contributed by atoms with E-state index in [-0.39, 0.29) is 24.1 Å². The zero-order valence-electron chi connectivity index (χ0n) is 14.5. The van der Waals surface area contributed by atoms with Crippen LogP contribution in [0.25, 0.3) is 0 Å². The molecule has 144 valence electrons. The van der Waals surface area contributed by atoms with Crippen molar-refractivity contribution >= 4 is 28.8 Å². The van der Waals surface area contributed by atoms with E-state index in [9.17, 15) is 18.4 Å². The first kappa shape index (κ1) is 19.5. The summed E-state index contributed by atoms with van der Waals surface area (Å²) in [7, 11) is 0. The summed E-state index contributed by atoms with van der Waals surface area (Å²) >= 11 is 1.35. The van der Waals surface area contributed by atoms with E-state index in [0.29, 0.717) is 16.1 Å². The molecule has 0 atom stereocenters. The van der Waals surface area contributed by atoms with E-state index < -0.39 is 6.61 Å². The maximum atomic E-state index is 12.2. The summed E-state index contributed by atoms with van der Waals surface area (Å²) in [6, 6.07) is 16.1. The van der Waals surface area contributed by atoms with E-state index in [0.717, 1.165) is 5.56 Å². The quantitative estimate of drug-likeness (QED) is 0.610. The van der Waals surface area contributed by atoms with Crippen LogP contribution in [-0.2, 0) is 6.54 Å². The fourth-order valence-electron chi connectivity index (χ4n) is 2.38. The molecule has 0 aliphatic heterocycles. The van der Waals surface area contributed by atoms with E-state index >= 15 is 0 Å². The van der Waals surface area contributed by atoms with Gasteiger partial charge in [0.2, 0.25) is 0 Å². The number of hydrogen-bond acceptors (Lipinski definition) is 4. The molecular weight excluding hydrogens is 386 g/mol. The van der Waals surface area contributed by atoms with Crippen LogP contribution < -0.4 is 15.4 Å². The van der Waals surface area contributed by atoms with Gasteiger partial charge in [-0.1, -0.05) is 18.2 Å². The van der Waals surface area contributed by atoms with Gasteiger partial charge in [0.15, 0.2) is 0 Å². The molecule has 0 unspecified atom stereocenters. The van der Waals surface area contributed by atoms with E-state index in [2.05, 4.69) is 15.4 Å². The maximum Gasteiger partial charge on any atom is 0.387 e. The molecule has 0 bridgehead atoms. The van der Waals surface area contributed by atoms with Gasteiger partial charge in [-0.25, -0.2) is 0 Å². The summed E-state index contributed by atoms with van der Waals surface area (Å²) in [6.45, 7) is -2.63. The summed E-state index contributed by atoms with van der Waals surface area (Å²) in [5.41, 5.74) is 1.77. The van der Waals surface area contributed by atoms with Crippen LogP contribution in [0.15, 0.2) is 66.0 Å². The fraction of sp³-hybridized carbons (Fsp3) is 0.100. The Morgan fingerprint density at radius 2 is 1.68 bits per heavy atom. The van der Waals surface area contributed by atoms with E-state index in [1.807, 2.05) is 5.38 Å². The lowest BCUT2D eigenvalue weighted by molar-refractivity contribution is -0.0498. The molecule has 5 nitrogen and oxygen atoms in total. The van der Waals surface area contributed by atoms with E-state index in [4.69, 9.17) is 0 Å². The highest BCUT2D eigenvalue weighted by atomic mass is 32.1. The smallest absolute Gasteiger partial charge is 0.387 e. The lowest BCUT2D eigenvalue weighted by Gasteiger charge is -2.08. The first-order chi connectivity index (χ1) is 13.5. The third-order valence-corrected chi connectivity index (χ3v) is 4.62. The van der Waals surface area contributed by atoms with Crippen molar-refractivity contribution in [2.24, 2.45) is 0 Å². The van der Waals surface area contributed by atoms with Crippen molar-refractivity contribution in [1.82, 2.24) is 5.32 Å². The normalized spacial score (nSPS) is 10.5. The minimum atomic E-state index is -2.87.